The molecule has 0 aliphatic carbocycles. The van der Waals surface area contributed by atoms with E-state index in [0.717, 1.165) is 0 Å². The summed E-state index contributed by atoms with van der Waals surface area (Å²) in [7, 11) is -3.38. The maximum Gasteiger partial charge on any atom is 0.302 e. The van der Waals surface area contributed by atoms with E-state index >= 15 is 0 Å². The summed E-state index contributed by atoms with van der Waals surface area (Å²) in [5, 5.41) is 0. The second kappa shape index (κ2) is 5.12. The van der Waals surface area contributed by atoms with E-state index in [1.54, 1.807) is 25.1 Å². The molecule has 0 N–H and O–H groups in total. The van der Waals surface area contributed by atoms with Crippen LogP contribution in [-0.2, 0) is 19.4 Å². The minimum Gasteiger partial charge on any atom is -0.462 e. The minimum atomic E-state index is -3.38. The van der Waals surface area contributed by atoms with Crippen molar-refractivity contribution < 1.29 is 17.9 Å². The Hall–Kier alpha value is -1.36. The molecule has 1 rings (SSSR count). The van der Waals surface area contributed by atoms with E-state index in [1.807, 2.05) is 0 Å². The Morgan fingerprint density at radius 3 is 2.38 bits per heavy atom. The largest absolute Gasteiger partial charge is 0.462 e. The van der Waals surface area contributed by atoms with Gasteiger partial charge in [-0.05, 0) is 19.1 Å². The fourth-order valence-electron chi connectivity index (χ4n) is 1.35. The van der Waals surface area contributed by atoms with Gasteiger partial charge in [0.05, 0.1) is 10.6 Å². The summed E-state index contributed by atoms with van der Waals surface area (Å²) >= 11 is 0. The van der Waals surface area contributed by atoms with Crippen LogP contribution in [0, 0.1) is 0 Å². The summed E-state index contributed by atoms with van der Waals surface area (Å²) in [6.07, 6.45) is -0.636. The van der Waals surface area contributed by atoms with Crippen LogP contribution in [0.3, 0.4) is 0 Å². The van der Waals surface area contributed by atoms with Crippen molar-refractivity contribution in [1.29, 1.82) is 0 Å². The van der Waals surface area contributed by atoms with E-state index in [1.165, 1.54) is 19.1 Å². The first-order chi connectivity index (χ1) is 7.42. The molecule has 0 amide bonds. The lowest BCUT2D eigenvalue weighted by Gasteiger charge is -2.11. The van der Waals surface area contributed by atoms with Gasteiger partial charge in [-0.2, -0.15) is 0 Å². The van der Waals surface area contributed by atoms with Gasteiger partial charge in [-0.25, -0.2) is 8.42 Å². The van der Waals surface area contributed by atoms with Gasteiger partial charge in [-0.1, -0.05) is 18.2 Å². The Labute approximate surface area is 95.2 Å². The molecule has 0 unspecified atom stereocenters. The smallest absolute Gasteiger partial charge is 0.302 e. The monoisotopic (exact) mass is 242 g/mol. The number of carbonyl (C=O) groups is 1. The molecule has 0 bridgehead atoms. The summed E-state index contributed by atoms with van der Waals surface area (Å²) in [6, 6.07) is 8.10. The molecule has 5 heteroatoms. The average Bonchev–Trinajstić information content (AvgIpc) is 2.16. The van der Waals surface area contributed by atoms with Gasteiger partial charge >= 0.3 is 5.97 Å². The van der Waals surface area contributed by atoms with E-state index < -0.39 is 21.9 Å². The zero-order valence-electron chi connectivity index (χ0n) is 9.21. The third-order valence-corrected chi connectivity index (χ3v) is 3.82. The van der Waals surface area contributed by atoms with Crippen molar-refractivity contribution in [3.05, 3.63) is 30.3 Å². The second-order valence-corrected chi connectivity index (χ2v) is 5.55. The SMILES string of the molecule is CC(=O)O[C@H](C)CS(=O)(=O)c1ccccc1. The lowest BCUT2D eigenvalue weighted by atomic mass is 10.4. The van der Waals surface area contributed by atoms with Gasteiger partial charge in [0.1, 0.15) is 6.10 Å². The predicted molar refractivity (Wildman–Crippen MR) is 59.7 cm³/mol. The Bertz CT molecular complexity index is 450. The van der Waals surface area contributed by atoms with Gasteiger partial charge in [0.25, 0.3) is 0 Å². The van der Waals surface area contributed by atoms with Crippen LogP contribution in [0.15, 0.2) is 35.2 Å². The standard InChI is InChI=1S/C11H14O4S/c1-9(15-10(2)12)8-16(13,14)11-6-4-3-5-7-11/h3-7,9H,8H2,1-2H3/t9-/m1/s1. The third-order valence-electron chi connectivity index (χ3n) is 1.92. The first kappa shape index (κ1) is 12.7. The summed E-state index contributed by atoms with van der Waals surface area (Å²) in [5.41, 5.74) is 0. The number of hydrogen-bond donors (Lipinski definition) is 0. The maximum absolute atomic E-state index is 11.8. The van der Waals surface area contributed by atoms with Crippen molar-refractivity contribution in [3.63, 3.8) is 0 Å². The normalized spacial score (nSPS) is 13.1. The first-order valence-corrected chi connectivity index (χ1v) is 6.52. The van der Waals surface area contributed by atoms with Gasteiger partial charge in [0.15, 0.2) is 9.84 Å². The van der Waals surface area contributed by atoms with Crippen molar-refractivity contribution >= 4 is 15.8 Å². The minimum absolute atomic E-state index is 0.198. The summed E-state index contributed by atoms with van der Waals surface area (Å²) < 4.78 is 28.5. The molecule has 0 saturated heterocycles. The molecule has 0 aliphatic rings. The van der Waals surface area contributed by atoms with Gasteiger partial charge < -0.3 is 4.74 Å². The topological polar surface area (TPSA) is 60.4 Å². The molecule has 0 fully saturated rings. The summed E-state index contributed by atoms with van der Waals surface area (Å²) in [4.78, 5) is 10.9. The zero-order valence-corrected chi connectivity index (χ0v) is 10.0. The highest BCUT2D eigenvalue weighted by Crippen LogP contribution is 2.12. The Morgan fingerprint density at radius 1 is 1.31 bits per heavy atom. The number of esters is 1. The Kier molecular flexibility index (Phi) is 4.06. The molecule has 4 nitrogen and oxygen atoms in total. The molecule has 0 aliphatic heterocycles. The Morgan fingerprint density at radius 2 is 1.88 bits per heavy atom. The van der Waals surface area contributed by atoms with Gasteiger partial charge in [-0.3, -0.25) is 4.79 Å². The van der Waals surface area contributed by atoms with Gasteiger partial charge in [-0.15, -0.1) is 0 Å². The molecular weight excluding hydrogens is 228 g/mol. The number of carbonyl (C=O) groups excluding carboxylic acids is 1. The molecular formula is C11H14O4S. The van der Waals surface area contributed by atoms with Crippen LogP contribution in [0.5, 0.6) is 0 Å². The van der Waals surface area contributed by atoms with E-state index in [-0.39, 0.29) is 10.6 Å². The number of benzene rings is 1. The fourth-order valence-corrected chi connectivity index (χ4v) is 2.80. The quantitative estimate of drug-likeness (QED) is 0.749. The van der Waals surface area contributed by atoms with E-state index in [4.69, 9.17) is 4.74 Å². The lowest BCUT2D eigenvalue weighted by Crippen LogP contribution is -2.23. The summed E-state index contributed by atoms with van der Waals surface area (Å²) in [5.74, 6) is -0.674. The molecule has 88 valence electrons. The van der Waals surface area contributed by atoms with Crippen molar-refractivity contribution in [2.45, 2.75) is 24.8 Å². The van der Waals surface area contributed by atoms with Crippen LogP contribution in [0.25, 0.3) is 0 Å². The molecule has 16 heavy (non-hydrogen) atoms. The van der Waals surface area contributed by atoms with Crippen molar-refractivity contribution in [1.82, 2.24) is 0 Å². The van der Waals surface area contributed by atoms with Crippen LogP contribution >= 0.6 is 0 Å². The van der Waals surface area contributed by atoms with E-state index in [0.29, 0.717) is 0 Å². The van der Waals surface area contributed by atoms with Crippen LogP contribution < -0.4 is 0 Å². The van der Waals surface area contributed by atoms with E-state index in [2.05, 4.69) is 0 Å². The van der Waals surface area contributed by atoms with E-state index in [9.17, 15) is 13.2 Å². The van der Waals surface area contributed by atoms with Crippen LogP contribution in [-0.4, -0.2) is 26.2 Å². The molecule has 0 spiro atoms. The number of ether oxygens (including phenoxy) is 1. The number of sulfone groups is 1. The average molecular weight is 242 g/mol. The molecule has 1 aromatic carbocycles. The molecule has 1 aromatic rings. The van der Waals surface area contributed by atoms with Gasteiger partial charge in [0.2, 0.25) is 0 Å². The van der Waals surface area contributed by atoms with Crippen molar-refractivity contribution in [2.75, 3.05) is 5.75 Å². The lowest BCUT2D eigenvalue weighted by molar-refractivity contribution is -0.144. The van der Waals surface area contributed by atoms with Crippen LogP contribution in [0.2, 0.25) is 0 Å². The highest BCUT2D eigenvalue weighted by Gasteiger charge is 2.19. The zero-order chi connectivity index (χ0) is 12.2. The van der Waals surface area contributed by atoms with Crippen molar-refractivity contribution in [3.8, 4) is 0 Å². The highest BCUT2D eigenvalue weighted by molar-refractivity contribution is 7.91. The molecule has 0 aromatic heterocycles. The van der Waals surface area contributed by atoms with Crippen molar-refractivity contribution in [2.24, 2.45) is 0 Å². The molecule has 0 saturated carbocycles. The second-order valence-electron chi connectivity index (χ2n) is 3.51. The third kappa shape index (κ3) is 3.66. The van der Waals surface area contributed by atoms with Gasteiger partial charge in [0, 0.05) is 6.92 Å². The number of hydrogen-bond acceptors (Lipinski definition) is 4. The molecule has 0 heterocycles. The molecule has 1 atom stereocenters. The summed E-state index contributed by atoms with van der Waals surface area (Å²) in [6.45, 7) is 2.81. The maximum atomic E-state index is 11.8. The first-order valence-electron chi connectivity index (χ1n) is 4.87. The van der Waals surface area contributed by atoms with Crippen LogP contribution in [0.1, 0.15) is 13.8 Å². The van der Waals surface area contributed by atoms with Crippen LogP contribution in [0.4, 0.5) is 0 Å². The Balaban J connectivity index is 2.77. The highest BCUT2D eigenvalue weighted by atomic mass is 32.2. The predicted octanol–water partition coefficient (Wildman–Crippen LogP) is 1.41. The molecule has 0 radical (unpaired) electrons. The number of rotatable bonds is 4. The fraction of sp³-hybridized carbons (Fsp3) is 0.364.